The standard InChI is InChI=1S/C15H12ClN3O/c1-20-11-7-6-9-4-2-3-5-10(9)13(11)14-15(17)19-12(16)8-18-14/h2-8H,1H3,(H2,17,19). The number of nitrogens with two attached hydrogens (primary N) is 1. The van der Waals surface area contributed by atoms with Gasteiger partial charge in [-0.25, -0.2) is 9.97 Å². The molecule has 0 radical (unpaired) electrons. The second-order valence-corrected chi connectivity index (χ2v) is 4.68. The largest absolute Gasteiger partial charge is 0.496 e. The number of hydrogen-bond donors (Lipinski definition) is 1. The fourth-order valence-corrected chi connectivity index (χ4v) is 2.38. The highest BCUT2D eigenvalue weighted by atomic mass is 35.5. The van der Waals surface area contributed by atoms with Gasteiger partial charge in [0, 0.05) is 0 Å². The smallest absolute Gasteiger partial charge is 0.151 e. The first-order valence-electron chi connectivity index (χ1n) is 6.05. The molecule has 0 aliphatic rings. The van der Waals surface area contributed by atoms with E-state index >= 15 is 0 Å². The van der Waals surface area contributed by atoms with Crippen molar-refractivity contribution in [2.45, 2.75) is 0 Å². The van der Waals surface area contributed by atoms with Crippen LogP contribution in [0.25, 0.3) is 22.0 Å². The van der Waals surface area contributed by atoms with Crippen molar-refractivity contribution in [2.75, 3.05) is 12.8 Å². The van der Waals surface area contributed by atoms with E-state index < -0.39 is 0 Å². The molecule has 0 aliphatic carbocycles. The topological polar surface area (TPSA) is 61.0 Å². The van der Waals surface area contributed by atoms with Crippen molar-refractivity contribution < 1.29 is 4.74 Å². The number of fused-ring (bicyclic) bond motifs is 1. The molecule has 1 heterocycles. The number of hydrogen-bond acceptors (Lipinski definition) is 4. The lowest BCUT2D eigenvalue weighted by atomic mass is 10.0. The van der Waals surface area contributed by atoms with Crippen LogP contribution in [0.3, 0.4) is 0 Å². The van der Waals surface area contributed by atoms with E-state index in [1.165, 1.54) is 6.20 Å². The molecule has 0 aliphatic heterocycles. The van der Waals surface area contributed by atoms with Crippen LogP contribution in [0.2, 0.25) is 5.15 Å². The summed E-state index contributed by atoms with van der Waals surface area (Å²) >= 11 is 5.81. The minimum atomic E-state index is 0.269. The third-order valence-electron chi connectivity index (χ3n) is 3.12. The van der Waals surface area contributed by atoms with E-state index in [0.29, 0.717) is 11.4 Å². The molecule has 3 aromatic rings. The monoisotopic (exact) mass is 285 g/mol. The maximum Gasteiger partial charge on any atom is 0.151 e. The SMILES string of the molecule is COc1ccc2ccccc2c1-c1ncc(Cl)nc1N. The molecule has 0 saturated carbocycles. The fourth-order valence-electron chi connectivity index (χ4n) is 2.24. The second kappa shape index (κ2) is 4.98. The van der Waals surface area contributed by atoms with Crippen molar-refractivity contribution in [3.8, 4) is 17.0 Å². The Labute approximate surface area is 121 Å². The minimum Gasteiger partial charge on any atom is -0.496 e. The number of halogens is 1. The number of aromatic nitrogens is 2. The van der Waals surface area contributed by atoms with Crippen LogP contribution in [0.1, 0.15) is 0 Å². The van der Waals surface area contributed by atoms with Gasteiger partial charge in [0.1, 0.15) is 16.6 Å². The molecule has 4 nitrogen and oxygen atoms in total. The summed E-state index contributed by atoms with van der Waals surface area (Å²) in [6.45, 7) is 0. The number of ether oxygens (including phenoxy) is 1. The number of nitrogens with zero attached hydrogens (tertiary/aromatic N) is 2. The molecular formula is C15H12ClN3O. The summed E-state index contributed by atoms with van der Waals surface area (Å²) in [5.74, 6) is 0.985. The van der Waals surface area contributed by atoms with Crippen LogP contribution in [0.15, 0.2) is 42.6 Å². The summed E-state index contributed by atoms with van der Waals surface area (Å²) in [6, 6.07) is 11.9. The van der Waals surface area contributed by atoms with Gasteiger partial charge in [-0.15, -0.1) is 0 Å². The first-order valence-corrected chi connectivity index (χ1v) is 6.42. The highest BCUT2D eigenvalue weighted by molar-refractivity contribution is 6.29. The normalized spacial score (nSPS) is 10.7. The maximum absolute atomic E-state index is 5.95. The van der Waals surface area contributed by atoms with Gasteiger partial charge in [0.05, 0.1) is 18.9 Å². The molecule has 0 bridgehead atoms. The molecular weight excluding hydrogens is 274 g/mol. The highest BCUT2D eigenvalue weighted by Gasteiger charge is 2.15. The van der Waals surface area contributed by atoms with E-state index in [1.54, 1.807) is 7.11 Å². The molecule has 0 spiro atoms. The third kappa shape index (κ3) is 2.04. The number of benzene rings is 2. The first kappa shape index (κ1) is 12.7. The van der Waals surface area contributed by atoms with E-state index in [9.17, 15) is 0 Å². The number of rotatable bonds is 2. The van der Waals surface area contributed by atoms with Gasteiger partial charge in [-0.1, -0.05) is 41.9 Å². The molecule has 20 heavy (non-hydrogen) atoms. The quantitative estimate of drug-likeness (QED) is 0.782. The van der Waals surface area contributed by atoms with E-state index in [2.05, 4.69) is 9.97 Å². The van der Waals surface area contributed by atoms with Crippen LogP contribution in [0, 0.1) is 0 Å². The van der Waals surface area contributed by atoms with Crippen molar-refractivity contribution in [3.63, 3.8) is 0 Å². The molecule has 0 fully saturated rings. The number of methoxy groups -OCH3 is 1. The Balaban J connectivity index is 2.38. The lowest BCUT2D eigenvalue weighted by molar-refractivity contribution is 0.417. The van der Waals surface area contributed by atoms with E-state index in [4.69, 9.17) is 22.1 Å². The van der Waals surface area contributed by atoms with Gasteiger partial charge in [-0.05, 0) is 16.8 Å². The Morgan fingerprint density at radius 3 is 2.70 bits per heavy atom. The predicted octanol–water partition coefficient (Wildman–Crippen LogP) is 3.54. The van der Waals surface area contributed by atoms with Gasteiger partial charge in [0.2, 0.25) is 0 Å². The summed E-state index contributed by atoms with van der Waals surface area (Å²) in [7, 11) is 1.62. The predicted molar refractivity (Wildman–Crippen MR) is 80.9 cm³/mol. The minimum absolute atomic E-state index is 0.269. The van der Waals surface area contributed by atoms with Crippen LogP contribution < -0.4 is 10.5 Å². The first-order chi connectivity index (χ1) is 9.70. The second-order valence-electron chi connectivity index (χ2n) is 4.29. The number of anilines is 1. The lowest BCUT2D eigenvalue weighted by Gasteiger charge is -2.12. The molecule has 0 atom stereocenters. The van der Waals surface area contributed by atoms with Crippen molar-refractivity contribution in [1.82, 2.24) is 9.97 Å². The van der Waals surface area contributed by atoms with Crippen LogP contribution in [-0.4, -0.2) is 17.1 Å². The zero-order valence-electron chi connectivity index (χ0n) is 10.8. The fraction of sp³-hybridized carbons (Fsp3) is 0.0667. The molecule has 2 N–H and O–H groups in total. The zero-order valence-corrected chi connectivity index (χ0v) is 11.6. The van der Waals surface area contributed by atoms with Crippen LogP contribution >= 0.6 is 11.6 Å². The average molecular weight is 286 g/mol. The zero-order chi connectivity index (χ0) is 14.1. The van der Waals surface area contributed by atoms with Gasteiger partial charge in [0.15, 0.2) is 5.82 Å². The van der Waals surface area contributed by atoms with Gasteiger partial charge in [0.25, 0.3) is 0 Å². The molecule has 2 aromatic carbocycles. The maximum atomic E-state index is 5.95. The Bertz CT molecular complexity index is 789. The Morgan fingerprint density at radius 1 is 1.15 bits per heavy atom. The van der Waals surface area contributed by atoms with Crippen molar-refractivity contribution >= 4 is 28.2 Å². The van der Waals surface area contributed by atoms with E-state index in [0.717, 1.165) is 16.3 Å². The van der Waals surface area contributed by atoms with Crippen molar-refractivity contribution in [1.29, 1.82) is 0 Å². The van der Waals surface area contributed by atoms with Crippen molar-refractivity contribution in [2.24, 2.45) is 0 Å². The third-order valence-corrected chi connectivity index (χ3v) is 3.30. The van der Waals surface area contributed by atoms with Crippen LogP contribution in [-0.2, 0) is 0 Å². The molecule has 100 valence electrons. The van der Waals surface area contributed by atoms with Gasteiger partial charge < -0.3 is 10.5 Å². The van der Waals surface area contributed by atoms with Crippen LogP contribution in [0.5, 0.6) is 5.75 Å². The van der Waals surface area contributed by atoms with Gasteiger partial charge >= 0.3 is 0 Å². The summed E-state index contributed by atoms with van der Waals surface area (Å²) in [4.78, 5) is 8.36. The summed E-state index contributed by atoms with van der Waals surface area (Å²) in [5.41, 5.74) is 7.35. The number of nitrogen functional groups attached to an aromatic ring is 1. The van der Waals surface area contributed by atoms with E-state index in [1.807, 2.05) is 36.4 Å². The molecule has 0 saturated heterocycles. The average Bonchev–Trinajstić information content (AvgIpc) is 2.46. The van der Waals surface area contributed by atoms with Gasteiger partial charge in [-0.3, -0.25) is 0 Å². The summed E-state index contributed by atoms with van der Waals surface area (Å²) in [5, 5.41) is 2.36. The van der Waals surface area contributed by atoms with Crippen LogP contribution in [0.4, 0.5) is 5.82 Å². The summed E-state index contributed by atoms with van der Waals surface area (Å²) in [6.07, 6.45) is 1.48. The molecule has 0 amide bonds. The summed E-state index contributed by atoms with van der Waals surface area (Å²) < 4.78 is 5.44. The van der Waals surface area contributed by atoms with E-state index in [-0.39, 0.29) is 11.0 Å². The Kier molecular flexibility index (Phi) is 3.16. The molecule has 5 heteroatoms. The lowest BCUT2D eigenvalue weighted by Crippen LogP contribution is -1.99. The Hall–Kier alpha value is -2.33. The Morgan fingerprint density at radius 2 is 1.95 bits per heavy atom. The van der Waals surface area contributed by atoms with Crippen molar-refractivity contribution in [3.05, 3.63) is 47.7 Å². The highest BCUT2D eigenvalue weighted by Crippen LogP contribution is 2.38. The molecule has 0 unspecified atom stereocenters. The molecule has 3 rings (SSSR count). The van der Waals surface area contributed by atoms with Gasteiger partial charge in [-0.2, -0.15) is 0 Å². The molecule has 1 aromatic heterocycles.